The molecule has 2 rings (SSSR count). The van der Waals surface area contributed by atoms with E-state index in [-0.39, 0.29) is 23.3 Å². The summed E-state index contributed by atoms with van der Waals surface area (Å²) in [6.45, 7) is 6.28. The highest BCUT2D eigenvalue weighted by molar-refractivity contribution is 6.33. The fourth-order valence-corrected chi connectivity index (χ4v) is 2.93. The number of rotatable bonds is 5. The molecule has 1 aliphatic rings. The van der Waals surface area contributed by atoms with E-state index in [0.29, 0.717) is 32.7 Å². The van der Waals surface area contributed by atoms with Gasteiger partial charge in [-0.25, -0.2) is 9.78 Å². The second kappa shape index (κ2) is 9.42. The fourth-order valence-electron chi connectivity index (χ4n) is 2.65. The molecule has 0 atom stereocenters. The maximum Gasteiger partial charge on any atom is 0.417 e. The Morgan fingerprint density at radius 3 is 2.43 bits per heavy atom. The zero-order chi connectivity index (χ0) is 20.9. The number of nitrogens with one attached hydrogen (secondary N) is 2. The number of carbonyl (C=O) groups excluding carboxylic acids is 2. The molecule has 2 heterocycles. The Kier molecular flexibility index (Phi) is 7.48. The van der Waals surface area contributed by atoms with Crippen LogP contribution in [0.1, 0.15) is 19.4 Å². The van der Waals surface area contributed by atoms with Crippen molar-refractivity contribution in [3.05, 3.63) is 22.8 Å². The summed E-state index contributed by atoms with van der Waals surface area (Å²) in [6.07, 6.45) is -3.74. The second-order valence-electron chi connectivity index (χ2n) is 6.94. The van der Waals surface area contributed by atoms with E-state index >= 15 is 0 Å². The van der Waals surface area contributed by atoms with E-state index in [9.17, 15) is 22.8 Å². The van der Waals surface area contributed by atoms with Crippen LogP contribution in [0.3, 0.4) is 0 Å². The molecule has 1 aromatic heterocycles. The maximum atomic E-state index is 12.7. The van der Waals surface area contributed by atoms with E-state index in [0.717, 1.165) is 12.3 Å². The van der Waals surface area contributed by atoms with Gasteiger partial charge in [0.05, 0.1) is 17.1 Å². The number of hydrogen-bond acceptors (Lipinski definition) is 5. The molecule has 7 nitrogen and oxygen atoms in total. The van der Waals surface area contributed by atoms with Crippen LogP contribution >= 0.6 is 11.6 Å². The average molecular weight is 422 g/mol. The third-order valence-electron chi connectivity index (χ3n) is 4.11. The van der Waals surface area contributed by atoms with Crippen LogP contribution in [0, 0.1) is 5.92 Å². The highest BCUT2D eigenvalue weighted by Gasteiger charge is 2.32. The van der Waals surface area contributed by atoms with Gasteiger partial charge in [0.2, 0.25) is 5.91 Å². The summed E-state index contributed by atoms with van der Waals surface area (Å²) in [7, 11) is 0. The minimum Gasteiger partial charge on any atom is -0.353 e. The number of anilines is 1. The van der Waals surface area contributed by atoms with Gasteiger partial charge in [0.25, 0.3) is 0 Å². The van der Waals surface area contributed by atoms with Crippen molar-refractivity contribution < 1.29 is 22.8 Å². The number of urea groups is 1. The van der Waals surface area contributed by atoms with Gasteiger partial charge < -0.3 is 10.2 Å². The molecule has 0 aliphatic carbocycles. The SMILES string of the molecule is CC(C)CNC(=O)NC(=O)CN1CCN(c2ncc(C(F)(F)F)cc2Cl)CC1. The van der Waals surface area contributed by atoms with Crippen molar-refractivity contribution in [2.24, 2.45) is 5.92 Å². The zero-order valence-electron chi connectivity index (χ0n) is 15.6. The quantitative estimate of drug-likeness (QED) is 0.763. The smallest absolute Gasteiger partial charge is 0.353 e. The van der Waals surface area contributed by atoms with Crippen molar-refractivity contribution in [3.63, 3.8) is 0 Å². The van der Waals surface area contributed by atoms with Crippen LogP contribution in [0.2, 0.25) is 5.02 Å². The summed E-state index contributed by atoms with van der Waals surface area (Å²) in [5.74, 6) is 0.145. The molecular weight excluding hydrogens is 399 g/mol. The van der Waals surface area contributed by atoms with Gasteiger partial charge in [-0.3, -0.25) is 15.0 Å². The van der Waals surface area contributed by atoms with Crippen LogP contribution in [-0.2, 0) is 11.0 Å². The first-order chi connectivity index (χ1) is 13.1. The summed E-state index contributed by atoms with van der Waals surface area (Å²) in [6, 6.07) is 0.331. The molecule has 0 bridgehead atoms. The molecule has 0 spiro atoms. The van der Waals surface area contributed by atoms with Gasteiger partial charge in [0.1, 0.15) is 5.82 Å². The number of nitrogens with zero attached hydrogens (tertiary/aromatic N) is 3. The maximum absolute atomic E-state index is 12.7. The summed E-state index contributed by atoms with van der Waals surface area (Å²) in [5, 5.41) is 4.80. The lowest BCUT2D eigenvalue weighted by Gasteiger charge is -2.35. The van der Waals surface area contributed by atoms with Crippen molar-refractivity contribution in [1.29, 1.82) is 0 Å². The topological polar surface area (TPSA) is 77.6 Å². The standard InChI is InChI=1S/C17H23ClF3N5O2/c1-11(2)8-23-16(28)24-14(27)10-25-3-5-26(6-4-25)15-13(18)7-12(9-22-15)17(19,20)21/h7,9,11H,3-6,8,10H2,1-2H3,(H2,23,24,27,28). The molecule has 3 amide bonds. The zero-order valence-corrected chi connectivity index (χ0v) is 16.4. The Morgan fingerprint density at radius 1 is 1.25 bits per heavy atom. The van der Waals surface area contributed by atoms with E-state index < -0.39 is 23.7 Å². The van der Waals surface area contributed by atoms with Crippen molar-refractivity contribution >= 4 is 29.4 Å². The number of alkyl halides is 3. The van der Waals surface area contributed by atoms with Crippen LogP contribution in [0.15, 0.2) is 12.3 Å². The van der Waals surface area contributed by atoms with Gasteiger partial charge in [-0.15, -0.1) is 0 Å². The lowest BCUT2D eigenvalue weighted by atomic mass is 10.2. The number of piperazine rings is 1. The Morgan fingerprint density at radius 2 is 1.89 bits per heavy atom. The largest absolute Gasteiger partial charge is 0.417 e. The van der Waals surface area contributed by atoms with Crippen LogP contribution in [-0.4, -0.2) is 61.1 Å². The van der Waals surface area contributed by atoms with E-state index in [2.05, 4.69) is 15.6 Å². The predicted molar refractivity (Wildman–Crippen MR) is 99.3 cm³/mol. The number of halogens is 4. The van der Waals surface area contributed by atoms with E-state index in [1.807, 2.05) is 18.7 Å². The molecule has 0 unspecified atom stereocenters. The minimum atomic E-state index is -4.50. The third-order valence-corrected chi connectivity index (χ3v) is 4.39. The molecule has 0 saturated carbocycles. The fraction of sp³-hybridized carbons (Fsp3) is 0.588. The lowest BCUT2D eigenvalue weighted by Crippen LogP contribution is -2.51. The normalized spacial score (nSPS) is 15.6. The lowest BCUT2D eigenvalue weighted by molar-refractivity contribution is -0.137. The molecule has 28 heavy (non-hydrogen) atoms. The average Bonchev–Trinajstić information content (AvgIpc) is 2.60. The second-order valence-corrected chi connectivity index (χ2v) is 7.35. The first-order valence-corrected chi connectivity index (χ1v) is 9.21. The molecule has 11 heteroatoms. The highest BCUT2D eigenvalue weighted by atomic mass is 35.5. The van der Waals surface area contributed by atoms with E-state index in [4.69, 9.17) is 11.6 Å². The number of hydrogen-bond donors (Lipinski definition) is 2. The summed E-state index contributed by atoms with van der Waals surface area (Å²) in [5.41, 5.74) is -0.896. The predicted octanol–water partition coefficient (Wildman–Crippen LogP) is 2.36. The number of carbonyl (C=O) groups is 2. The van der Waals surface area contributed by atoms with Gasteiger partial charge >= 0.3 is 12.2 Å². The summed E-state index contributed by atoms with van der Waals surface area (Å²) < 4.78 is 38.1. The number of pyridine rings is 1. The summed E-state index contributed by atoms with van der Waals surface area (Å²) >= 11 is 5.97. The van der Waals surface area contributed by atoms with Crippen LogP contribution < -0.4 is 15.5 Å². The number of imide groups is 1. The van der Waals surface area contributed by atoms with Gasteiger partial charge in [0.15, 0.2) is 0 Å². The Bertz CT molecular complexity index is 707. The molecule has 1 aromatic rings. The van der Waals surface area contributed by atoms with Crippen molar-refractivity contribution in [2.75, 3.05) is 44.2 Å². The first kappa shape index (κ1) is 22.2. The van der Waals surface area contributed by atoms with Crippen LogP contribution in [0.4, 0.5) is 23.8 Å². The van der Waals surface area contributed by atoms with Crippen LogP contribution in [0.5, 0.6) is 0 Å². The molecule has 0 radical (unpaired) electrons. The molecule has 156 valence electrons. The molecule has 1 fully saturated rings. The number of amides is 3. The molecule has 1 aliphatic heterocycles. The van der Waals surface area contributed by atoms with Gasteiger partial charge in [-0.05, 0) is 12.0 Å². The Labute approximate surface area is 166 Å². The van der Waals surface area contributed by atoms with Crippen molar-refractivity contribution in [3.8, 4) is 0 Å². The molecule has 1 saturated heterocycles. The van der Waals surface area contributed by atoms with Crippen molar-refractivity contribution in [1.82, 2.24) is 20.5 Å². The van der Waals surface area contributed by atoms with Gasteiger partial charge in [0, 0.05) is 38.9 Å². The molecular formula is C17H23ClF3N5O2. The third kappa shape index (κ3) is 6.52. The Balaban J connectivity index is 1.83. The monoisotopic (exact) mass is 421 g/mol. The molecule has 0 aromatic carbocycles. The highest BCUT2D eigenvalue weighted by Crippen LogP contribution is 2.33. The van der Waals surface area contributed by atoms with Gasteiger partial charge in [-0.2, -0.15) is 13.2 Å². The molecule has 2 N–H and O–H groups in total. The van der Waals surface area contributed by atoms with E-state index in [1.54, 1.807) is 4.90 Å². The number of aromatic nitrogens is 1. The Hall–Kier alpha value is -2.07. The summed E-state index contributed by atoms with van der Waals surface area (Å²) in [4.78, 5) is 31.0. The van der Waals surface area contributed by atoms with E-state index in [1.165, 1.54) is 0 Å². The van der Waals surface area contributed by atoms with Gasteiger partial charge in [-0.1, -0.05) is 25.4 Å². The minimum absolute atomic E-state index is 0.0527. The van der Waals surface area contributed by atoms with Crippen LogP contribution in [0.25, 0.3) is 0 Å². The van der Waals surface area contributed by atoms with Crippen molar-refractivity contribution in [2.45, 2.75) is 20.0 Å². The first-order valence-electron chi connectivity index (χ1n) is 8.84.